The minimum atomic E-state index is -0.453. The highest BCUT2D eigenvalue weighted by molar-refractivity contribution is 6.01. The Kier molecular flexibility index (Phi) is 3.98. The number of hydrogen-bond acceptors (Lipinski definition) is 7. The van der Waals surface area contributed by atoms with Crippen LogP contribution < -0.4 is 10.6 Å². The van der Waals surface area contributed by atoms with Crippen LogP contribution in [0, 0.1) is 5.82 Å². The van der Waals surface area contributed by atoms with Gasteiger partial charge < -0.3 is 15.4 Å². The maximum Gasteiger partial charge on any atom is 0.175 e. The van der Waals surface area contributed by atoms with Crippen molar-refractivity contribution in [1.82, 2.24) is 34.7 Å². The quantitative estimate of drug-likeness (QED) is 0.538. The van der Waals surface area contributed by atoms with E-state index in [4.69, 9.17) is 10.5 Å². The molecule has 1 saturated heterocycles. The van der Waals surface area contributed by atoms with Crippen LogP contribution in [-0.4, -0.2) is 60.5 Å². The van der Waals surface area contributed by atoms with Gasteiger partial charge in [0.1, 0.15) is 0 Å². The molecular weight excluding hydrogens is 377 g/mol. The summed E-state index contributed by atoms with van der Waals surface area (Å²) in [6.07, 6.45) is 3.23. The average Bonchev–Trinajstić information content (AvgIpc) is 3.44. The molecule has 0 spiro atoms. The molecule has 0 aliphatic carbocycles. The number of rotatable bonds is 3. The standard InChI is InChI=1S/C18H20FN9O/c1-10-9-29-8-7-27(10)18-15(19)13(11-3-6-22-26(11)2)14-16(20)25-28(17(14)23-18)12-4-5-21-24-12/h3-6,10H,7-9H2,1-2H3,(H2,20,25)(H,21,24)/t10-/m1/s1. The number of aryl methyl sites for hydroxylation is 1. The lowest BCUT2D eigenvalue weighted by molar-refractivity contribution is 0.0982. The zero-order chi connectivity index (χ0) is 20.1. The van der Waals surface area contributed by atoms with Crippen LogP contribution in [0.1, 0.15) is 6.92 Å². The summed E-state index contributed by atoms with van der Waals surface area (Å²) in [6, 6.07) is 3.47. The van der Waals surface area contributed by atoms with E-state index in [-0.39, 0.29) is 17.7 Å². The lowest BCUT2D eigenvalue weighted by Gasteiger charge is -2.34. The van der Waals surface area contributed by atoms with E-state index in [1.807, 2.05) is 11.8 Å². The third kappa shape index (κ3) is 2.65. The Hall–Kier alpha value is -3.47. The maximum atomic E-state index is 15.9. The van der Waals surface area contributed by atoms with Crippen LogP contribution in [0.2, 0.25) is 0 Å². The minimum Gasteiger partial charge on any atom is -0.382 e. The van der Waals surface area contributed by atoms with Gasteiger partial charge in [-0.3, -0.25) is 9.78 Å². The summed E-state index contributed by atoms with van der Waals surface area (Å²) in [7, 11) is 1.76. The van der Waals surface area contributed by atoms with Crippen LogP contribution in [0.5, 0.6) is 0 Å². The smallest absolute Gasteiger partial charge is 0.175 e. The van der Waals surface area contributed by atoms with E-state index < -0.39 is 5.82 Å². The van der Waals surface area contributed by atoms with Gasteiger partial charge in [0.05, 0.1) is 42.1 Å². The molecule has 0 radical (unpaired) electrons. The molecule has 0 unspecified atom stereocenters. The van der Waals surface area contributed by atoms with Gasteiger partial charge in [-0.15, -0.1) is 5.10 Å². The Morgan fingerprint density at radius 2 is 2.17 bits per heavy atom. The zero-order valence-electron chi connectivity index (χ0n) is 16.0. The first kappa shape index (κ1) is 17.6. The summed E-state index contributed by atoms with van der Waals surface area (Å²) < 4.78 is 24.6. The number of aromatic nitrogens is 7. The number of fused-ring (bicyclic) bond motifs is 1. The number of pyridine rings is 1. The van der Waals surface area contributed by atoms with Crippen molar-refractivity contribution in [3.05, 3.63) is 30.3 Å². The molecule has 0 amide bonds. The highest BCUT2D eigenvalue weighted by atomic mass is 19.1. The van der Waals surface area contributed by atoms with Crippen molar-refractivity contribution in [2.75, 3.05) is 30.4 Å². The van der Waals surface area contributed by atoms with Crippen LogP contribution in [0.15, 0.2) is 24.5 Å². The van der Waals surface area contributed by atoms with Crippen molar-refractivity contribution in [3.8, 4) is 17.1 Å². The van der Waals surface area contributed by atoms with Crippen molar-refractivity contribution < 1.29 is 9.13 Å². The first-order valence-electron chi connectivity index (χ1n) is 9.26. The number of nitrogens with zero attached hydrogens (tertiary/aromatic N) is 7. The number of halogens is 1. The summed E-state index contributed by atoms with van der Waals surface area (Å²) in [5.41, 5.74) is 7.59. The molecule has 1 aliphatic rings. The van der Waals surface area contributed by atoms with E-state index in [2.05, 4.69) is 25.4 Å². The molecule has 1 atom stereocenters. The first-order chi connectivity index (χ1) is 14.1. The molecule has 4 aromatic rings. The number of H-pyrrole nitrogens is 1. The number of morpholine rings is 1. The van der Waals surface area contributed by atoms with Gasteiger partial charge in [0.2, 0.25) is 0 Å². The molecule has 0 bridgehead atoms. The van der Waals surface area contributed by atoms with Gasteiger partial charge in [-0.05, 0) is 13.0 Å². The monoisotopic (exact) mass is 397 g/mol. The van der Waals surface area contributed by atoms with E-state index in [0.29, 0.717) is 47.9 Å². The van der Waals surface area contributed by atoms with E-state index in [1.165, 1.54) is 0 Å². The van der Waals surface area contributed by atoms with Crippen LogP contribution >= 0.6 is 0 Å². The van der Waals surface area contributed by atoms with Gasteiger partial charge in [-0.25, -0.2) is 9.37 Å². The van der Waals surface area contributed by atoms with Crippen LogP contribution in [0.3, 0.4) is 0 Å². The average molecular weight is 397 g/mol. The molecule has 5 rings (SSSR count). The van der Waals surface area contributed by atoms with Gasteiger partial charge in [0.15, 0.2) is 28.9 Å². The molecule has 3 N–H and O–H groups in total. The van der Waals surface area contributed by atoms with Gasteiger partial charge in [0.25, 0.3) is 0 Å². The first-order valence-corrected chi connectivity index (χ1v) is 9.26. The molecule has 150 valence electrons. The largest absolute Gasteiger partial charge is 0.382 e. The normalized spacial score (nSPS) is 17.3. The number of hydrogen-bond donors (Lipinski definition) is 2. The third-order valence-corrected chi connectivity index (χ3v) is 5.20. The second kappa shape index (κ2) is 6.55. The van der Waals surface area contributed by atoms with Gasteiger partial charge >= 0.3 is 0 Å². The van der Waals surface area contributed by atoms with Gasteiger partial charge in [0, 0.05) is 25.9 Å². The highest BCUT2D eigenvalue weighted by Gasteiger charge is 2.30. The molecule has 5 heterocycles. The molecule has 0 saturated carbocycles. The highest BCUT2D eigenvalue weighted by Crippen LogP contribution is 2.39. The number of aromatic amines is 1. The van der Waals surface area contributed by atoms with Crippen molar-refractivity contribution in [1.29, 1.82) is 0 Å². The van der Waals surface area contributed by atoms with Gasteiger partial charge in [-0.1, -0.05) is 0 Å². The van der Waals surface area contributed by atoms with Crippen LogP contribution in [0.25, 0.3) is 28.1 Å². The van der Waals surface area contributed by atoms with E-state index in [0.717, 1.165) is 0 Å². The van der Waals surface area contributed by atoms with E-state index in [1.54, 1.807) is 40.9 Å². The van der Waals surface area contributed by atoms with Crippen LogP contribution in [-0.2, 0) is 11.8 Å². The summed E-state index contributed by atoms with van der Waals surface area (Å²) >= 11 is 0. The summed E-state index contributed by atoms with van der Waals surface area (Å²) in [6.45, 7) is 3.53. The van der Waals surface area contributed by atoms with Crippen molar-refractivity contribution >= 4 is 22.7 Å². The number of nitrogen functional groups attached to an aromatic ring is 1. The molecule has 1 fully saturated rings. The zero-order valence-corrected chi connectivity index (χ0v) is 16.0. The third-order valence-electron chi connectivity index (χ3n) is 5.20. The molecule has 1 aliphatic heterocycles. The fourth-order valence-electron chi connectivity index (χ4n) is 3.77. The van der Waals surface area contributed by atoms with Crippen LogP contribution in [0.4, 0.5) is 16.0 Å². The Bertz CT molecular complexity index is 1180. The van der Waals surface area contributed by atoms with E-state index in [9.17, 15) is 0 Å². The topological polar surface area (TPSA) is 116 Å². The number of nitrogens with one attached hydrogen (secondary N) is 1. The lowest BCUT2D eigenvalue weighted by Crippen LogP contribution is -2.44. The predicted molar refractivity (Wildman–Crippen MR) is 105 cm³/mol. The number of ether oxygens (including phenoxy) is 1. The maximum absolute atomic E-state index is 15.9. The predicted octanol–water partition coefficient (Wildman–Crippen LogP) is 1.49. The number of anilines is 2. The molecule has 10 nitrogen and oxygen atoms in total. The van der Waals surface area contributed by atoms with Gasteiger partial charge in [-0.2, -0.15) is 14.9 Å². The Labute approximate surface area is 165 Å². The molecule has 4 aromatic heterocycles. The number of nitrogens with two attached hydrogens (primary N) is 1. The summed E-state index contributed by atoms with van der Waals surface area (Å²) in [5.74, 6) is 0.553. The molecule has 0 aromatic carbocycles. The molecular formula is C18H20FN9O. The SMILES string of the molecule is C[C@@H]1COCCN1c1nc2c(c(N)nn2-c2ccn[nH]2)c(-c2ccnn2C)c1F. The fourth-order valence-corrected chi connectivity index (χ4v) is 3.77. The van der Waals surface area contributed by atoms with Crippen molar-refractivity contribution in [2.45, 2.75) is 13.0 Å². The summed E-state index contributed by atoms with van der Waals surface area (Å²) in [4.78, 5) is 6.58. The van der Waals surface area contributed by atoms with Crippen molar-refractivity contribution in [2.24, 2.45) is 7.05 Å². The summed E-state index contributed by atoms with van der Waals surface area (Å²) in [5, 5.41) is 15.9. The molecule has 11 heteroatoms. The minimum absolute atomic E-state index is 0.0246. The Balaban J connectivity index is 1.86. The second-order valence-corrected chi connectivity index (χ2v) is 7.02. The lowest BCUT2D eigenvalue weighted by atomic mass is 10.1. The Morgan fingerprint density at radius 1 is 1.31 bits per heavy atom. The Morgan fingerprint density at radius 3 is 2.86 bits per heavy atom. The fraction of sp³-hybridized carbons (Fsp3) is 0.333. The van der Waals surface area contributed by atoms with Crippen molar-refractivity contribution in [3.63, 3.8) is 0 Å². The van der Waals surface area contributed by atoms with E-state index >= 15 is 4.39 Å². The molecule has 29 heavy (non-hydrogen) atoms. The second-order valence-electron chi connectivity index (χ2n) is 7.02.